The number of rotatable bonds is 2. The minimum atomic E-state index is -2.80. The average molecular weight is 226 g/mol. The molecule has 0 spiro atoms. The molecule has 0 radical (unpaired) electrons. The Kier molecular flexibility index (Phi) is 3.00. The van der Waals surface area contributed by atoms with Gasteiger partial charge in [0.05, 0.1) is 17.2 Å². The zero-order chi connectivity index (χ0) is 10.7. The van der Waals surface area contributed by atoms with Crippen LogP contribution >= 0.6 is 0 Å². The summed E-state index contributed by atoms with van der Waals surface area (Å²) in [5.41, 5.74) is 0.889. The summed E-state index contributed by atoms with van der Waals surface area (Å²) in [5, 5.41) is 7.76. The highest BCUT2D eigenvalue weighted by molar-refractivity contribution is 7.91. The zero-order valence-corrected chi connectivity index (χ0v) is 9.28. The van der Waals surface area contributed by atoms with Crippen molar-refractivity contribution in [2.24, 2.45) is 5.92 Å². The third-order valence-corrected chi connectivity index (χ3v) is 4.57. The van der Waals surface area contributed by atoms with Crippen LogP contribution in [-0.2, 0) is 16.3 Å². The molecule has 0 N–H and O–H groups in total. The van der Waals surface area contributed by atoms with Crippen molar-refractivity contribution in [2.75, 3.05) is 11.5 Å². The lowest BCUT2D eigenvalue weighted by molar-refractivity contribution is 0.478. The van der Waals surface area contributed by atoms with Gasteiger partial charge in [-0.1, -0.05) is 0 Å². The van der Waals surface area contributed by atoms with Crippen LogP contribution in [0.2, 0.25) is 0 Å². The number of hydrogen-bond acceptors (Lipinski definition) is 4. The summed E-state index contributed by atoms with van der Waals surface area (Å²) in [6.45, 7) is 0. The van der Waals surface area contributed by atoms with E-state index in [1.54, 1.807) is 6.20 Å². The SMILES string of the molecule is O=S1(=O)CCCC(Cc2cccnn2)C1. The molecule has 1 aliphatic rings. The van der Waals surface area contributed by atoms with Crippen LogP contribution in [0.4, 0.5) is 0 Å². The Morgan fingerprint density at radius 3 is 3.00 bits per heavy atom. The summed E-state index contributed by atoms with van der Waals surface area (Å²) in [6, 6.07) is 3.73. The van der Waals surface area contributed by atoms with E-state index in [9.17, 15) is 8.42 Å². The standard InChI is InChI=1S/C10H14N2O2S/c13-15(14)6-2-3-9(8-15)7-10-4-1-5-11-12-10/h1,4-5,9H,2-3,6-8H2. The van der Waals surface area contributed by atoms with Crippen molar-refractivity contribution in [3.8, 4) is 0 Å². The molecule has 1 aliphatic heterocycles. The van der Waals surface area contributed by atoms with Crippen molar-refractivity contribution in [1.82, 2.24) is 10.2 Å². The summed E-state index contributed by atoms with van der Waals surface area (Å²) in [4.78, 5) is 0. The number of sulfone groups is 1. The quantitative estimate of drug-likeness (QED) is 0.750. The molecule has 15 heavy (non-hydrogen) atoms. The molecule has 0 saturated carbocycles. The van der Waals surface area contributed by atoms with Gasteiger partial charge >= 0.3 is 0 Å². The van der Waals surface area contributed by atoms with E-state index in [-0.39, 0.29) is 5.92 Å². The van der Waals surface area contributed by atoms with Crippen LogP contribution in [-0.4, -0.2) is 30.1 Å². The van der Waals surface area contributed by atoms with Crippen molar-refractivity contribution in [1.29, 1.82) is 0 Å². The molecular weight excluding hydrogens is 212 g/mol. The number of aromatic nitrogens is 2. The molecule has 1 unspecified atom stereocenters. The predicted octanol–water partition coefficient (Wildman–Crippen LogP) is 0.844. The largest absolute Gasteiger partial charge is 0.229 e. The second-order valence-corrected chi connectivity index (χ2v) is 6.27. The van der Waals surface area contributed by atoms with E-state index in [2.05, 4.69) is 10.2 Å². The summed E-state index contributed by atoms with van der Waals surface area (Å²) >= 11 is 0. The van der Waals surface area contributed by atoms with Crippen LogP contribution in [0.1, 0.15) is 18.5 Å². The predicted molar refractivity (Wildman–Crippen MR) is 57.1 cm³/mol. The maximum atomic E-state index is 11.4. The smallest absolute Gasteiger partial charge is 0.150 e. The van der Waals surface area contributed by atoms with Gasteiger partial charge < -0.3 is 0 Å². The van der Waals surface area contributed by atoms with Gasteiger partial charge in [0.25, 0.3) is 0 Å². The molecule has 82 valence electrons. The third kappa shape index (κ3) is 2.99. The van der Waals surface area contributed by atoms with E-state index in [0.717, 1.165) is 25.0 Å². The zero-order valence-electron chi connectivity index (χ0n) is 8.46. The van der Waals surface area contributed by atoms with Gasteiger partial charge in [-0.2, -0.15) is 10.2 Å². The molecule has 5 heteroatoms. The first-order valence-electron chi connectivity index (χ1n) is 5.13. The van der Waals surface area contributed by atoms with Crippen molar-refractivity contribution < 1.29 is 8.42 Å². The highest BCUT2D eigenvalue weighted by Gasteiger charge is 2.24. The molecule has 1 fully saturated rings. The molecular formula is C10H14N2O2S. The molecule has 4 nitrogen and oxygen atoms in total. The maximum absolute atomic E-state index is 11.4. The minimum absolute atomic E-state index is 0.223. The van der Waals surface area contributed by atoms with E-state index in [1.807, 2.05) is 12.1 Å². The van der Waals surface area contributed by atoms with Gasteiger partial charge in [0.2, 0.25) is 0 Å². The minimum Gasteiger partial charge on any atom is -0.229 e. The summed E-state index contributed by atoms with van der Waals surface area (Å²) < 4.78 is 22.8. The van der Waals surface area contributed by atoms with Gasteiger partial charge in [-0.05, 0) is 37.3 Å². The Labute approximate surface area is 89.6 Å². The first-order valence-corrected chi connectivity index (χ1v) is 6.95. The van der Waals surface area contributed by atoms with Gasteiger partial charge in [0.15, 0.2) is 9.84 Å². The van der Waals surface area contributed by atoms with Crippen LogP contribution in [0.25, 0.3) is 0 Å². The van der Waals surface area contributed by atoms with Gasteiger partial charge in [-0.25, -0.2) is 8.42 Å². The van der Waals surface area contributed by atoms with E-state index >= 15 is 0 Å². The molecule has 0 aromatic carbocycles. The van der Waals surface area contributed by atoms with E-state index in [0.29, 0.717) is 11.5 Å². The fourth-order valence-electron chi connectivity index (χ4n) is 2.02. The molecule has 1 saturated heterocycles. The van der Waals surface area contributed by atoms with E-state index < -0.39 is 9.84 Å². The van der Waals surface area contributed by atoms with Gasteiger partial charge in [-0.3, -0.25) is 0 Å². The first kappa shape index (κ1) is 10.5. The van der Waals surface area contributed by atoms with E-state index in [4.69, 9.17) is 0 Å². The molecule has 1 aromatic heterocycles. The average Bonchev–Trinajstić information content (AvgIpc) is 2.17. The van der Waals surface area contributed by atoms with Crippen LogP contribution in [0.5, 0.6) is 0 Å². The Bertz CT molecular complexity index is 416. The van der Waals surface area contributed by atoms with Gasteiger partial charge in [0, 0.05) is 6.20 Å². The summed E-state index contributed by atoms with van der Waals surface area (Å²) in [6.07, 6.45) is 4.12. The molecule has 0 aliphatic carbocycles. The lowest BCUT2D eigenvalue weighted by Crippen LogP contribution is -2.26. The van der Waals surface area contributed by atoms with E-state index in [1.165, 1.54) is 0 Å². The lowest BCUT2D eigenvalue weighted by atomic mass is 9.99. The van der Waals surface area contributed by atoms with Crippen molar-refractivity contribution in [3.63, 3.8) is 0 Å². The second-order valence-electron chi connectivity index (χ2n) is 4.04. The van der Waals surface area contributed by atoms with Crippen molar-refractivity contribution in [2.45, 2.75) is 19.3 Å². The van der Waals surface area contributed by atoms with Crippen molar-refractivity contribution >= 4 is 9.84 Å². The van der Waals surface area contributed by atoms with Crippen LogP contribution in [0, 0.1) is 5.92 Å². The maximum Gasteiger partial charge on any atom is 0.150 e. The number of nitrogens with zero attached hydrogens (tertiary/aromatic N) is 2. The molecule has 2 rings (SSSR count). The Morgan fingerprint density at radius 1 is 1.47 bits per heavy atom. The first-order chi connectivity index (χ1) is 7.16. The third-order valence-electron chi connectivity index (χ3n) is 2.68. The molecule has 0 amide bonds. The van der Waals surface area contributed by atoms with Gasteiger partial charge in [-0.15, -0.1) is 0 Å². The highest BCUT2D eigenvalue weighted by Crippen LogP contribution is 2.21. The number of hydrogen-bond donors (Lipinski definition) is 0. The second kappa shape index (κ2) is 4.26. The highest BCUT2D eigenvalue weighted by atomic mass is 32.2. The van der Waals surface area contributed by atoms with Gasteiger partial charge in [0.1, 0.15) is 0 Å². The fourth-order valence-corrected chi connectivity index (χ4v) is 3.79. The summed E-state index contributed by atoms with van der Waals surface area (Å²) in [7, 11) is -2.80. The summed E-state index contributed by atoms with van der Waals surface area (Å²) in [5.74, 6) is 0.883. The van der Waals surface area contributed by atoms with Crippen LogP contribution < -0.4 is 0 Å². The van der Waals surface area contributed by atoms with Crippen LogP contribution in [0.3, 0.4) is 0 Å². The monoisotopic (exact) mass is 226 g/mol. The Balaban J connectivity index is 2.01. The normalized spacial score (nSPS) is 24.9. The fraction of sp³-hybridized carbons (Fsp3) is 0.600. The molecule has 1 atom stereocenters. The topological polar surface area (TPSA) is 59.9 Å². The van der Waals surface area contributed by atoms with Crippen molar-refractivity contribution in [3.05, 3.63) is 24.0 Å². The molecule has 0 bridgehead atoms. The molecule has 1 aromatic rings. The Morgan fingerprint density at radius 2 is 2.33 bits per heavy atom. The van der Waals surface area contributed by atoms with Crippen LogP contribution in [0.15, 0.2) is 18.3 Å². The Hall–Kier alpha value is -0.970. The lowest BCUT2D eigenvalue weighted by Gasteiger charge is -2.21. The molecule has 2 heterocycles.